The summed E-state index contributed by atoms with van der Waals surface area (Å²) in [7, 11) is 1.59. The Hall–Kier alpha value is -2.80. The van der Waals surface area contributed by atoms with E-state index >= 15 is 0 Å². The molecule has 0 spiro atoms. The number of hydrogen-bond acceptors (Lipinski definition) is 4. The molecule has 6 nitrogen and oxygen atoms in total. The highest BCUT2D eigenvalue weighted by Crippen LogP contribution is 2.07. The highest BCUT2D eigenvalue weighted by molar-refractivity contribution is 5.98. The number of methoxy groups -OCH3 is 1. The van der Waals surface area contributed by atoms with Crippen molar-refractivity contribution in [3.63, 3.8) is 0 Å². The minimum absolute atomic E-state index is 0.171. The van der Waals surface area contributed by atoms with Gasteiger partial charge in [0.2, 0.25) is 0 Å². The molecular formula is C19H22FN3O3. The van der Waals surface area contributed by atoms with E-state index < -0.39 is 0 Å². The standard InChI is InChI=1S/C19H22FN3O3/c1-26-12-4-9-22-19(25)17-13-15(8-10-21-17)18(24)23-11-7-14-5-2-3-6-16(14)20/h2-3,5-6,8,10,13H,4,7,9,11-12H2,1H3,(H,22,25)(H,23,24). The van der Waals surface area contributed by atoms with Crippen molar-refractivity contribution in [1.29, 1.82) is 0 Å². The molecule has 1 aromatic heterocycles. The lowest BCUT2D eigenvalue weighted by Crippen LogP contribution is -2.28. The van der Waals surface area contributed by atoms with Gasteiger partial charge in [-0.15, -0.1) is 0 Å². The number of nitrogens with one attached hydrogen (secondary N) is 2. The molecule has 0 aliphatic rings. The number of halogens is 1. The third-order valence-electron chi connectivity index (χ3n) is 3.70. The second-order valence-corrected chi connectivity index (χ2v) is 5.63. The summed E-state index contributed by atoms with van der Waals surface area (Å²) < 4.78 is 18.5. The first-order valence-corrected chi connectivity index (χ1v) is 8.36. The first kappa shape index (κ1) is 19.5. The first-order valence-electron chi connectivity index (χ1n) is 8.36. The van der Waals surface area contributed by atoms with Gasteiger partial charge >= 0.3 is 0 Å². The maximum Gasteiger partial charge on any atom is 0.269 e. The summed E-state index contributed by atoms with van der Waals surface area (Å²) >= 11 is 0. The highest BCUT2D eigenvalue weighted by Gasteiger charge is 2.11. The Bertz CT molecular complexity index is 752. The maximum absolute atomic E-state index is 13.6. The number of carbonyl (C=O) groups excluding carboxylic acids is 2. The summed E-state index contributed by atoms with van der Waals surface area (Å²) in [4.78, 5) is 28.2. The Balaban J connectivity index is 1.87. The number of nitrogens with zero attached hydrogens (tertiary/aromatic N) is 1. The first-order chi connectivity index (χ1) is 12.6. The van der Waals surface area contributed by atoms with Crippen LogP contribution in [0.4, 0.5) is 4.39 Å². The van der Waals surface area contributed by atoms with Crippen LogP contribution in [0.15, 0.2) is 42.6 Å². The molecule has 26 heavy (non-hydrogen) atoms. The molecule has 2 rings (SSSR count). The quantitative estimate of drug-likeness (QED) is 0.671. The van der Waals surface area contributed by atoms with E-state index in [9.17, 15) is 14.0 Å². The molecule has 0 aliphatic carbocycles. The van der Waals surface area contributed by atoms with Crippen molar-refractivity contribution in [2.45, 2.75) is 12.8 Å². The predicted molar refractivity (Wildman–Crippen MR) is 95.5 cm³/mol. The molecule has 0 saturated heterocycles. The van der Waals surface area contributed by atoms with Crippen LogP contribution in [0.1, 0.15) is 32.8 Å². The third-order valence-corrected chi connectivity index (χ3v) is 3.70. The second-order valence-electron chi connectivity index (χ2n) is 5.63. The lowest BCUT2D eigenvalue weighted by molar-refractivity contribution is 0.0943. The zero-order valence-electron chi connectivity index (χ0n) is 14.6. The van der Waals surface area contributed by atoms with Gasteiger partial charge in [0.25, 0.3) is 11.8 Å². The molecule has 1 aromatic carbocycles. The van der Waals surface area contributed by atoms with Gasteiger partial charge in [-0.2, -0.15) is 0 Å². The Morgan fingerprint density at radius 2 is 1.88 bits per heavy atom. The predicted octanol–water partition coefficient (Wildman–Crippen LogP) is 1.96. The number of rotatable bonds is 9. The topological polar surface area (TPSA) is 80.3 Å². The van der Waals surface area contributed by atoms with E-state index in [4.69, 9.17) is 4.74 Å². The average molecular weight is 359 g/mol. The zero-order valence-corrected chi connectivity index (χ0v) is 14.6. The molecule has 2 aromatic rings. The fraction of sp³-hybridized carbons (Fsp3) is 0.316. The number of pyridine rings is 1. The summed E-state index contributed by atoms with van der Waals surface area (Å²) in [6.45, 7) is 1.31. The van der Waals surface area contributed by atoms with Gasteiger partial charge in [0, 0.05) is 38.6 Å². The van der Waals surface area contributed by atoms with Crippen LogP contribution >= 0.6 is 0 Å². The zero-order chi connectivity index (χ0) is 18.8. The molecule has 1 heterocycles. The summed E-state index contributed by atoms with van der Waals surface area (Å²) in [5.74, 6) is -0.975. The third kappa shape index (κ3) is 5.93. The lowest BCUT2D eigenvalue weighted by Gasteiger charge is -2.08. The van der Waals surface area contributed by atoms with Crippen molar-refractivity contribution in [2.24, 2.45) is 0 Å². The summed E-state index contributed by atoms with van der Waals surface area (Å²) in [5, 5.41) is 5.44. The minimum Gasteiger partial charge on any atom is -0.385 e. The van der Waals surface area contributed by atoms with Crippen LogP contribution in [-0.4, -0.2) is 43.6 Å². The number of carbonyl (C=O) groups is 2. The van der Waals surface area contributed by atoms with Gasteiger partial charge in [0.15, 0.2) is 0 Å². The Morgan fingerprint density at radius 3 is 2.65 bits per heavy atom. The Labute approximate surface area is 151 Å². The molecule has 138 valence electrons. The van der Waals surface area contributed by atoms with Crippen LogP contribution in [0.2, 0.25) is 0 Å². The van der Waals surface area contributed by atoms with Gasteiger partial charge in [-0.05, 0) is 36.6 Å². The van der Waals surface area contributed by atoms with Gasteiger partial charge in [0.1, 0.15) is 11.5 Å². The molecule has 2 N–H and O–H groups in total. The van der Waals surface area contributed by atoms with Crippen molar-refractivity contribution >= 4 is 11.8 Å². The van der Waals surface area contributed by atoms with E-state index in [2.05, 4.69) is 15.6 Å². The largest absolute Gasteiger partial charge is 0.385 e. The molecule has 0 fully saturated rings. The second kappa shape index (κ2) is 10.2. The molecule has 7 heteroatoms. The van der Waals surface area contributed by atoms with Crippen molar-refractivity contribution < 1.29 is 18.7 Å². The van der Waals surface area contributed by atoms with Crippen LogP contribution in [-0.2, 0) is 11.2 Å². The van der Waals surface area contributed by atoms with Crippen LogP contribution < -0.4 is 10.6 Å². The van der Waals surface area contributed by atoms with E-state index in [0.29, 0.717) is 43.7 Å². The Morgan fingerprint density at radius 1 is 1.12 bits per heavy atom. The number of amides is 2. The molecule has 0 atom stereocenters. The van der Waals surface area contributed by atoms with Crippen LogP contribution in [0, 0.1) is 5.82 Å². The van der Waals surface area contributed by atoms with Gasteiger partial charge < -0.3 is 15.4 Å². The smallest absolute Gasteiger partial charge is 0.269 e. The number of hydrogen-bond donors (Lipinski definition) is 2. The minimum atomic E-state index is -0.345. The van der Waals surface area contributed by atoms with Crippen LogP contribution in [0.5, 0.6) is 0 Å². The van der Waals surface area contributed by atoms with Crippen molar-refractivity contribution in [3.05, 3.63) is 65.2 Å². The summed E-state index contributed by atoms with van der Waals surface area (Å²) in [6, 6.07) is 9.40. The monoisotopic (exact) mass is 359 g/mol. The fourth-order valence-corrected chi connectivity index (χ4v) is 2.32. The molecule has 0 aliphatic heterocycles. The number of benzene rings is 1. The van der Waals surface area contributed by atoms with Crippen LogP contribution in [0.3, 0.4) is 0 Å². The van der Waals surface area contributed by atoms with Crippen LogP contribution in [0.25, 0.3) is 0 Å². The number of aromatic nitrogens is 1. The van der Waals surface area contributed by atoms with Gasteiger partial charge in [-0.3, -0.25) is 14.6 Å². The summed E-state index contributed by atoms with van der Waals surface area (Å²) in [6.07, 6.45) is 2.49. The van der Waals surface area contributed by atoms with Crippen molar-refractivity contribution in [1.82, 2.24) is 15.6 Å². The van der Waals surface area contributed by atoms with Gasteiger partial charge in [0.05, 0.1) is 0 Å². The van der Waals surface area contributed by atoms with Gasteiger partial charge in [-0.1, -0.05) is 18.2 Å². The maximum atomic E-state index is 13.6. The van der Waals surface area contributed by atoms with E-state index in [1.807, 2.05) is 0 Å². The SMILES string of the molecule is COCCCNC(=O)c1cc(C(=O)NCCc2ccccc2F)ccn1. The Kier molecular flexibility index (Phi) is 7.70. The molecular weight excluding hydrogens is 337 g/mol. The van der Waals surface area contributed by atoms with Crippen molar-refractivity contribution in [2.75, 3.05) is 26.8 Å². The lowest BCUT2D eigenvalue weighted by atomic mass is 10.1. The molecule has 0 bridgehead atoms. The fourth-order valence-electron chi connectivity index (χ4n) is 2.32. The molecule has 0 radical (unpaired) electrons. The molecule has 2 amide bonds. The highest BCUT2D eigenvalue weighted by atomic mass is 19.1. The normalized spacial score (nSPS) is 10.4. The average Bonchev–Trinajstić information content (AvgIpc) is 2.66. The van der Waals surface area contributed by atoms with Crippen molar-refractivity contribution in [3.8, 4) is 0 Å². The van der Waals surface area contributed by atoms with Gasteiger partial charge in [-0.25, -0.2) is 4.39 Å². The van der Waals surface area contributed by atoms with E-state index in [0.717, 1.165) is 0 Å². The number of ether oxygens (including phenoxy) is 1. The van der Waals surface area contributed by atoms with E-state index in [-0.39, 0.29) is 23.3 Å². The molecule has 0 saturated carbocycles. The van der Waals surface area contributed by atoms with E-state index in [1.165, 1.54) is 24.4 Å². The summed E-state index contributed by atoms with van der Waals surface area (Å²) in [5.41, 5.74) is 1.04. The van der Waals surface area contributed by atoms with E-state index in [1.54, 1.807) is 25.3 Å². The molecule has 0 unspecified atom stereocenters.